The molecule has 40 heavy (non-hydrogen) atoms. The maximum absolute atomic E-state index is 12.5. The number of methoxy groups -OCH3 is 3. The van der Waals surface area contributed by atoms with E-state index < -0.39 is 0 Å². The van der Waals surface area contributed by atoms with Gasteiger partial charge in [-0.05, 0) is 18.3 Å². The van der Waals surface area contributed by atoms with Crippen LogP contribution in [0.15, 0.2) is 0 Å². The van der Waals surface area contributed by atoms with Crippen molar-refractivity contribution in [1.82, 2.24) is 5.32 Å². The van der Waals surface area contributed by atoms with E-state index in [9.17, 15) is 4.79 Å². The van der Waals surface area contributed by atoms with Gasteiger partial charge in [-0.2, -0.15) is 0 Å². The first kappa shape index (κ1) is 37.3. The summed E-state index contributed by atoms with van der Waals surface area (Å²) in [4.78, 5) is 12.5. The minimum Gasteiger partial charge on any atom is -0.382 e. The monoisotopic (exact) mass is 571 g/mol. The molecule has 2 unspecified atom stereocenters. The Morgan fingerprint density at radius 2 is 1.35 bits per heavy atom. The minimum atomic E-state index is -0.359. The van der Waals surface area contributed by atoms with Gasteiger partial charge in [-0.1, -0.05) is 112 Å². The Balaban J connectivity index is 2.58. The van der Waals surface area contributed by atoms with Gasteiger partial charge in [0.25, 0.3) is 0 Å². The van der Waals surface area contributed by atoms with E-state index in [-0.39, 0.29) is 42.5 Å². The first-order chi connectivity index (χ1) is 19.3. The minimum absolute atomic E-state index is 0.0133. The maximum atomic E-state index is 12.5. The van der Waals surface area contributed by atoms with E-state index >= 15 is 0 Å². The van der Waals surface area contributed by atoms with Crippen LogP contribution < -0.4 is 5.32 Å². The van der Waals surface area contributed by atoms with Crippen molar-refractivity contribution < 1.29 is 28.5 Å². The molecule has 0 bridgehead atoms. The number of hydrogen-bond acceptors (Lipinski definition) is 6. The molecule has 0 saturated carbocycles. The van der Waals surface area contributed by atoms with E-state index in [1.54, 1.807) is 21.3 Å². The standard InChI is InChI=1S/C33H65NO6/c1-9-11-12-13-14-15-16-17-18-19-20-21-22-29(37-7)32(38-8)28(34-31(35)10-2)23-39-33-27(5)25(3)26(4)30(40-33)24-36-6/h25-30,32-33H,9-24H2,1-8H3,(H,34,35)/t25-,26+,27?,28-,29+,30?,32-,33-/m0/s1. The van der Waals surface area contributed by atoms with Crippen LogP contribution in [0.5, 0.6) is 0 Å². The van der Waals surface area contributed by atoms with E-state index in [0.717, 1.165) is 12.8 Å². The van der Waals surface area contributed by atoms with E-state index in [1.807, 2.05) is 6.92 Å². The highest BCUT2D eigenvalue weighted by Gasteiger charge is 2.40. The fraction of sp³-hybridized carbons (Fsp3) is 0.970. The lowest BCUT2D eigenvalue weighted by Gasteiger charge is -2.44. The second kappa shape index (κ2) is 22.8. The number of rotatable bonds is 24. The van der Waals surface area contributed by atoms with Crippen LogP contribution in [-0.2, 0) is 28.5 Å². The van der Waals surface area contributed by atoms with Crippen LogP contribution in [0.3, 0.4) is 0 Å². The molecular formula is C33H65NO6. The average Bonchev–Trinajstić information content (AvgIpc) is 2.96. The predicted molar refractivity (Wildman–Crippen MR) is 163 cm³/mol. The summed E-state index contributed by atoms with van der Waals surface area (Å²) in [5, 5.41) is 3.14. The highest BCUT2D eigenvalue weighted by molar-refractivity contribution is 5.75. The quantitative estimate of drug-likeness (QED) is 0.123. The molecular weight excluding hydrogens is 506 g/mol. The first-order valence-electron chi connectivity index (χ1n) is 16.4. The molecule has 0 radical (unpaired) electrons. The molecule has 1 N–H and O–H groups in total. The molecule has 0 aliphatic carbocycles. The predicted octanol–water partition coefficient (Wildman–Crippen LogP) is 7.30. The smallest absolute Gasteiger partial charge is 0.220 e. The zero-order chi connectivity index (χ0) is 29.8. The Hall–Kier alpha value is -0.730. The fourth-order valence-corrected chi connectivity index (χ4v) is 5.94. The number of nitrogens with one attached hydrogen (secondary N) is 1. The normalized spacial score (nSPS) is 25.4. The molecule has 1 fully saturated rings. The second-order valence-corrected chi connectivity index (χ2v) is 12.1. The first-order valence-corrected chi connectivity index (χ1v) is 16.4. The van der Waals surface area contributed by atoms with Gasteiger partial charge in [0.15, 0.2) is 6.29 Å². The lowest BCUT2D eigenvalue weighted by molar-refractivity contribution is -0.259. The molecule has 1 amide bonds. The molecule has 1 aliphatic heterocycles. The molecule has 8 atom stereocenters. The molecule has 0 aromatic heterocycles. The van der Waals surface area contributed by atoms with Gasteiger partial charge in [0.05, 0.1) is 31.5 Å². The number of amides is 1. The topological polar surface area (TPSA) is 75.2 Å². The van der Waals surface area contributed by atoms with Crippen LogP contribution in [0.1, 0.15) is 125 Å². The summed E-state index contributed by atoms with van der Waals surface area (Å²) in [6.07, 6.45) is 16.3. The third kappa shape index (κ3) is 14.0. The molecule has 0 aromatic carbocycles. The maximum Gasteiger partial charge on any atom is 0.220 e. The Morgan fingerprint density at radius 1 is 0.775 bits per heavy atom. The Kier molecular flexibility index (Phi) is 21.3. The molecule has 1 rings (SSSR count). The SMILES string of the molecule is CCCCCCCCCCCCCC[C@@H](OC)[C@@H](OC)[C@H](CO[C@H]1OC(COC)[C@H](C)[C@H](C)C1C)NC(=O)CC. The van der Waals surface area contributed by atoms with Crippen molar-refractivity contribution in [1.29, 1.82) is 0 Å². The van der Waals surface area contributed by atoms with E-state index in [0.29, 0.717) is 31.5 Å². The Bertz CT molecular complexity index is 620. The van der Waals surface area contributed by atoms with Crippen LogP contribution in [0.25, 0.3) is 0 Å². The van der Waals surface area contributed by atoms with Gasteiger partial charge >= 0.3 is 0 Å². The van der Waals surface area contributed by atoms with E-state index in [4.69, 9.17) is 23.7 Å². The van der Waals surface area contributed by atoms with Gasteiger partial charge in [0.2, 0.25) is 5.91 Å². The van der Waals surface area contributed by atoms with Crippen molar-refractivity contribution in [3.05, 3.63) is 0 Å². The van der Waals surface area contributed by atoms with E-state index in [2.05, 4.69) is 33.0 Å². The molecule has 7 nitrogen and oxygen atoms in total. The summed E-state index contributed by atoms with van der Waals surface area (Å²) in [6.45, 7) is 11.6. The summed E-state index contributed by atoms with van der Waals surface area (Å²) in [5.74, 6) is 1.02. The highest BCUT2D eigenvalue weighted by atomic mass is 16.7. The van der Waals surface area contributed by atoms with Crippen molar-refractivity contribution in [2.75, 3.05) is 34.5 Å². The van der Waals surface area contributed by atoms with Crippen molar-refractivity contribution in [3.63, 3.8) is 0 Å². The van der Waals surface area contributed by atoms with Gasteiger partial charge in [-0.25, -0.2) is 0 Å². The van der Waals surface area contributed by atoms with Crippen LogP contribution in [0.4, 0.5) is 0 Å². The lowest BCUT2D eigenvalue weighted by atomic mass is 9.79. The van der Waals surface area contributed by atoms with Crippen molar-refractivity contribution in [3.8, 4) is 0 Å². The van der Waals surface area contributed by atoms with Crippen molar-refractivity contribution in [2.45, 2.75) is 155 Å². The van der Waals surface area contributed by atoms with Crippen molar-refractivity contribution in [2.24, 2.45) is 17.8 Å². The summed E-state index contributed by atoms with van der Waals surface area (Å²) in [5.41, 5.74) is 0. The molecule has 0 spiro atoms. The van der Waals surface area contributed by atoms with Gasteiger partial charge in [-0.15, -0.1) is 0 Å². The summed E-state index contributed by atoms with van der Waals surface area (Å²) >= 11 is 0. The third-order valence-corrected chi connectivity index (χ3v) is 9.10. The Labute approximate surface area is 247 Å². The lowest BCUT2D eigenvalue weighted by Crippen LogP contribution is -2.54. The van der Waals surface area contributed by atoms with E-state index in [1.165, 1.54) is 70.6 Å². The largest absolute Gasteiger partial charge is 0.382 e. The summed E-state index contributed by atoms with van der Waals surface area (Å²) < 4.78 is 29.9. The molecule has 7 heteroatoms. The van der Waals surface area contributed by atoms with Gasteiger partial charge in [-0.3, -0.25) is 4.79 Å². The van der Waals surface area contributed by atoms with Crippen LogP contribution in [0.2, 0.25) is 0 Å². The zero-order valence-corrected chi connectivity index (χ0v) is 27.4. The number of carbonyl (C=O) groups excluding carboxylic acids is 1. The molecule has 1 heterocycles. The Morgan fingerprint density at radius 3 is 1.85 bits per heavy atom. The van der Waals surface area contributed by atoms with Crippen molar-refractivity contribution >= 4 is 5.91 Å². The number of ether oxygens (including phenoxy) is 5. The highest BCUT2D eigenvalue weighted by Crippen LogP contribution is 2.35. The molecule has 238 valence electrons. The second-order valence-electron chi connectivity index (χ2n) is 12.1. The van der Waals surface area contributed by atoms with Gasteiger partial charge in [0.1, 0.15) is 6.10 Å². The summed E-state index contributed by atoms with van der Waals surface area (Å²) in [6, 6.07) is -0.328. The molecule has 0 aromatic rings. The van der Waals surface area contributed by atoms with Gasteiger partial charge < -0.3 is 29.0 Å². The van der Waals surface area contributed by atoms with Crippen LogP contribution in [-0.4, -0.2) is 71.1 Å². The third-order valence-electron chi connectivity index (χ3n) is 9.10. The number of unbranched alkanes of at least 4 members (excludes halogenated alkanes) is 11. The number of hydrogen-bond donors (Lipinski definition) is 1. The molecule has 1 aliphatic rings. The van der Waals surface area contributed by atoms with Crippen LogP contribution >= 0.6 is 0 Å². The average molecular weight is 572 g/mol. The number of carbonyl (C=O) groups is 1. The van der Waals surface area contributed by atoms with Gasteiger partial charge in [0, 0.05) is 33.7 Å². The van der Waals surface area contributed by atoms with Crippen LogP contribution in [0, 0.1) is 17.8 Å². The summed E-state index contributed by atoms with van der Waals surface area (Å²) in [7, 11) is 5.14. The molecule has 1 saturated heterocycles. The zero-order valence-electron chi connectivity index (χ0n) is 27.4. The fourth-order valence-electron chi connectivity index (χ4n) is 5.94.